The summed E-state index contributed by atoms with van der Waals surface area (Å²) in [6.45, 7) is 0.914. The number of carboxylic acid groups (broad SMARTS) is 1. The van der Waals surface area contributed by atoms with E-state index < -0.39 is 19.0 Å². The molecular weight excluding hydrogens is 173 g/mol. The van der Waals surface area contributed by atoms with Gasteiger partial charge in [0.15, 0.2) is 0 Å². The third-order valence-electron chi connectivity index (χ3n) is 1.01. The fourth-order valence-corrected chi connectivity index (χ4v) is 3.29. The Balaban J connectivity index is 2.35. The van der Waals surface area contributed by atoms with Crippen molar-refractivity contribution in [2.45, 2.75) is 11.7 Å². The van der Waals surface area contributed by atoms with E-state index in [4.69, 9.17) is 5.11 Å². The summed E-state index contributed by atoms with van der Waals surface area (Å²) >= 11 is -1.37. The normalized spacial score (nSPS) is 21.5. The van der Waals surface area contributed by atoms with Crippen LogP contribution in [0.4, 0.5) is 4.79 Å². The first kappa shape index (κ1) is 6.08. The van der Waals surface area contributed by atoms with Gasteiger partial charge in [-0.1, -0.05) is 0 Å². The van der Waals surface area contributed by atoms with Crippen molar-refractivity contribution in [3.8, 4) is 0 Å². The van der Waals surface area contributed by atoms with Gasteiger partial charge < -0.3 is 0 Å². The molecule has 0 atom stereocenters. The van der Waals surface area contributed by atoms with E-state index in [0.717, 1.165) is 18.3 Å². The Morgan fingerprint density at radius 2 is 2.50 bits per heavy atom. The average molecular weight is 181 g/mol. The van der Waals surface area contributed by atoms with Gasteiger partial charge in [-0.2, -0.15) is 0 Å². The molecule has 0 amide bonds. The maximum atomic E-state index is 10.2. The van der Waals surface area contributed by atoms with Gasteiger partial charge >= 0.3 is 51.5 Å². The molecule has 8 heavy (non-hydrogen) atoms. The van der Waals surface area contributed by atoms with Gasteiger partial charge in [0, 0.05) is 0 Å². The van der Waals surface area contributed by atoms with Gasteiger partial charge in [-0.15, -0.1) is 0 Å². The summed E-state index contributed by atoms with van der Waals surface area (Å²) in [5, 5.41) is 9.32. The first-order valence-corrected chi connectivity index (χ1v) is 5.40. The molecule has 0 spiro atoms. The molecule has 1 fully saturated rings. The van der Waals surface area contributed by atoms with Gasteiger partial charge in [0.2, 0.25) is 0 Å². The molecule has 0 aromatic heterocycles. The molecule has 0 aromatic carbocycles. The number of hydrogen-bond acceptors (Lipinski definition) is 2. The zero-order valence-corrected chi connectivity index (χ0v) is 6.10. The van der Waals surface area contributed by atoms with Crippen LogP contribution in [0.25, 0.3) is 0 Å². The van der Waals surface area contributed by atoms with Crippen LogP contribution in [0.5, 0.6) is 0 Å². The van der Waals surface area contributed by atoms with Crippen LogP contribution in [-0.4, -0.2) is 30.6 Å². The van der Waals surface area contributed by atoms with Crippen molar-refractivity contribution < 1.29 is 9.90 Å². The molecule has 1 rings (SSSR count). The van der Waals surface area contributed by atoms with Gasteiger partial charge in [0.25, 0.3) is 0 Å². The van der Waals surface area contributed by atoms with Crippen molar-refractivity contribution in [3.05, 3.63) is 0 Å². The van der Waals surface area contributed by atoms with Crippen LogP contribution in [0, 0.1) is 0 Å². The molecule has 47 valence electrons. The van der Waals surface area contributed by atoms with Crippen LogP contribution < -0.4 is 4.33 Å². The van der Waals surface area contributed by atoms with E-state index in [9.17, 15) is 4.79 Å². The Hall–Kier alpha value is -0.0505. The summed E-state index contributed by atoms with van der Waals surface area (Å²) in [6.07, 6.45) is 1.05. The fourth-order valence-electron chi connectivity index (χ4n) is 0.633. The van der Waals surface area contributed by atoms with Gasteiger partial charge in [-0.25, -0.2) is 0 Å². The van der Waals surface area contributed by atoms with Crippen molar-refractivity contribution in [1.29, 1.82) is 0 Å². The van der Waals surface area contributed by atoms with Crippen LogP contribution in [0.2, 0.25) is 5.32 Å². The summed E-state index contributed by atoms with van der Waals surface area (Å²) in [5.41, 5.74) is 0. The predicted octanol–water partition coefficient (Wildman–Crippen LogP) is 0.231. The predicted molar refractivity (Wildman–Crippen MR) is 31.2 cm³/mol. The van der Waals surface area contributed by atoms with Crippen molar-refractivity contribution in [1.82, 2.24) is 4.33 Å². The van der Waals surface area contributed by atoms with Gasteiger partial charge in [-0.3, -0.25) is 0 Å². The monoisotopic (exact) mass is 182 g/mol. The van der Waals surface area contributed by atoms with Gasteiger partial charge in [0.1, 0.15) is 0 Å². The molecule has 2 N–H and O–H groups in total. The van der Waals surface area contributed by atoms with Crippen molar-refractivity contribution >= 4 is 19.0 Å². The van der Waals surface area contributed by atoms with E-state index in [1.54, 1.807) is 0 Å². The molecule has 0 unspecified atom stereocenters. The van der Waals surface area contributed by atoms with Crippen LogP contribution in [0.1, 0.15) is 6.42 Å². The van der Waals surface area contributed by atoms with E-state index in [-0.39, 0.29) is 0 Å². The molecule has 0 aliphatic carbocycles. The van der Waals surface area contributed by atoms with Crippen LogP contribution >= 0.6 is 0 Å². The Bertz CT molecular complexity index is 100. The Labute approximate surface area is 52.2 Å². The summed E-state index contributed by atoms with van der Waals surface area (Å²) in [7, 11) is 0. The SMILES string of the molecule is O=C(O)[Se]1CCCN1. The van der Waals surface area contributed by atoms with Crippen LogP contribution in [0.3, 0.4) is 0 Å². The summed E-state index contributed by atoms with van der Waals surface area (Å²) < 4.78 is 2.98. The van der Waals surface area contributed by atoms with Crippen molar-refractivity contribution in [3.63, 3.8) is 0 Å². The minimum atomic E-state index is -1.37. The number of nitrogens with one attached hydrogen (secondary N) is 1. The second-order valence-electron chi connectivity index (χ2n) is 1.61. The van der Waals surface area contributed by atoms with Crippen LogP contribution in [0.15, 0.2) is 0 Å². The zero-order valence-electron chi connectivity index (χ0n) is 4.39. The second-order valence-corrected chi connectivity index (χ2v) is 5.44. The Morgan fingerprint density at radius 3 is 2.75 bits per heavy atom. The first-order valence-electron chi connectivity index (χ1n) is 2.48. The van der Waals surface area contributed by atoms with E-state index in [2.05, 4.69) is 4.33 Å². The number of hydrogen-bond donors (Lipinski definition) is 2. The van der Waals surface area contributed by atoms with Gasteiger partial charge in [-0.05, 0) is 0 Å². The molecule has 1 aliphatic heterocycles. The third kappa shape index (κ3) is 1.22. The summed E-state index contributed by atoms with van der Waals surface area (Å²) in [6, 6.07) is 0. The summed E-state index contributed by atoms with van der Waals surface area (Å²) in [5.74, 6) is 0. The van der Waals surface area contributed by atoms with E-state index >= 15 is 0 Å². The molecule has 1 radical (unpaired) electrons. The molecule has 0 aromatic rings. The molecule has 4 heteroatoms. The number of carbonyl (C=O) groups is 1. The summed E-state index contributed by atoms with van der Waals surface area (Å²) in [4.78, 5) is 9.60. The van der Waals surface area contributed by atoms with Crippen LogP contribution in [-0.2, 0) is 0 Å². The minimum absolute atomic E-state index is 0.595. The molecule has 3 nitrogen and oxygen atoms in total. The quantitative estimate of drug-likeness (QED) is 0.569. The Kier molecular flexibility index (Phi) is 1.89. The van der Waals surface area contributed by atoms with E-state index in [1.807, 2.05) is 0 Å². The standard InChI is InChI=1S/C4H8NO2Se/c6-4(7)8-3-1-2-5-8/h5H,1-3H2,(H,6,7). The topological polar surface area (TPSA) is 49.3 Å². The molecule has 0 bridgehead atoms. The molecule has 1 heterocycles. The number of rotatable bonds is 1. The maximum absolute atomic E-state index is 10.2. The fraction of sp³-hybridized carbons (Fsp3) is 0.750. The Morgan fingerprint density at radius 1 is 1.75 bits per heavy atom. The van der Waals surface area contributed by atoms with Crippen molar-refractivity contribution in [2.24, 2.45) is 0 Å². The third-order valence-corrected chi connectivity index (χ3v) is 4.52. The zero-order chi connectivity index (χ0) is 5.98. The first-order chi connectivity index (χ1) is 3.80. The van der Waals surface area contributed by atoms with E-state index in [1.165, 1.54) is 0 Å². The van der Waals surface area contributed by atoms with E-state index in [0.29, 0.717) is 0 Å². The second kappa shape index (κ2) is 2.48. The molecular formula is C4H8NO2Se. The van der Waals surface area contributed by atoms with Crippen molar-refractivity contribution in [2.75, 3.05) is 6.54 Å². The van der Waals surface area contributed by atoms with Gasteiger partial charge in [0.05, 0.1) is 0 Å². The molecule has 1 saturated heterocycles. The molecule has 1 aliphatic rings. The average Bonchev–Trinajstić information content (AvgIpc) is 2.12. The molecule has 0 saturated carbocycles.